The van der Waals surface area contributed by atoms with E-state index in [-0.39, 0.29) is 11.9 Å². The van der Waals surface area contributed by atoms with E-state index in [2.05, 4.69) is 15.3 Å². The van der Waals surface area contributed by atoms with Gasteiger partial charge < -0.3 is 5.32 Å². The third-order valence-corrected chi connectivity index (χ3v) is 1.91. The fourth-order valence-electron chi connectivity index (χ4n) is 1.22. The van der Waals surface area contributed by atoms with Gasteiger partial charge >= 0.3 is 0 Å². The number of nitrogens with zero attached hydrogens (tertiary/aromatic N) is 3. The van der Waals surface area contributed by atoms with Crippen LogP contribution in [0.2, 0.25) is 0 Å². The first-order valence-electron chi connectivity index (χ1n) is 4.55. The molecule has 0 aliphatic rings. The summed E-state index contributed by atoms with van der Waals surface area (Å²) < 4.78 is 0. The molecule has 0 fully saturated rings. The van der Waals surface area contributed by atoms with Crippen molar-refractivity contribution in [3.63, 3.8) is 0 Å². The van der Waals surface area contributed by atoms with E-state index in [9.17, 15) is 4.79 Å². The standard InChI is InChI=1S/C10H12N4O/c1-7(13-14-11)9-4-3-5-10(6-9)12-8(2)15/h3-7H,1-2H3,(H,12,15)/t7-/m1/s1. The van der Waals surface area contributed by atoms with Gasteiger partial charge in [0.2, 0.25) is 5.91 Å². The highest BCUT2D eigenvalue weighted by Crippen LogP contribution is 2.20. The van der Waals surface area contributed by atoms with E-state index in [0.717, 1.165) is 5.56 Å². The maximum absolute atomic E-state index is 10.8. The van der Waals surface area contributed by atoms with Gasteiger partial charge in [-0.3, -0.25) is 4.79 Å². The average molecular weight is 204 g/mol. The molecule has 0 bridgehead atoms. The molecule has 0 spiro atoms. The molecular formula is C10H12N4O. The summed E-state index contributed by atoms with van der Waals surface area (Å²) >= 11 is 0. The van der Waals surface area contributed by atoms with Gasteiger partial charge in [-0.05, 0) is 23.2 Å². The van der Waals surface area contributed by atoms with Crippen molar-refractivity contribution >= 4 is 11.6 Å². The Labute approximate surface area is 87.7 Å². The molecule has 1 aromatic rings. The number of amides is 1. The Morgan fingerprint density at radius 1 is 1.60 bits per heavy atom. The minimum atomic E-state index is -0.233. The average Bonchev–Trinajstić information content (AvgIpc) is 2.17. The van der Waals surface area contributed by atoms with Crippen LogP contribution in [0.5, 0.6) is 0 Å². The summed E-state index contributed by atoms with van der Waals surface area (Å²) in [6, 6.07) is 7.01. The maximum Gasteiger partial charge on any atom is 0.221 e. The zero-order valence-electron chi connectivity index (χ0n) is 8.64. The lowest BCUT2D eigenvalue weighted by molar-refractivity contribution is -0.114. The minimum Gasteiger partial charge on any atom is -0.326 e. The number of hydrogen-bond donors (Lipinski definition) is 1. The Bertz CT molecular complexity index is 410. The molecule has 78 valence electrons. The Morgan fingerprint density at radius 3 is 2.93 bits per heavy atom. The number of hydrogen-bond acceptors (Lipinski definition) is 2. The molecule has 15 heavy (non-hydrogen) atoms. The maximum atomic E-state index is 10.8. The van der Waals surface area contributed by atoms with Gasteiger partial charge in [0.15, 0.2) is 0 Å². The molecule has 0 aliphatic carbocycles. The van der Waals surface area contributed by atoms with Crippen molar-refractivity contribution in [1.29, 1.82) is 0 Å². The predicted octanol–water partition coefficient (Wildman–Crippen LogP) is 3.02. The summed E-state index contributed by atoms with van der Waals surface area (Å²) in [4.78, 5) is 13.6. The molecule has 0 saturated carbocycles. The molecule has 0 aromatic heterocycles. The van der Waals surface area contributed by atoms with Crippen LogP contribution in [-0.4, -0.2) is 5.91 Å². The number of carbonyl (C=O) groups is 1. The quantitative estimate of drug-likeness (QED) is 0.458. The first-order chi connectivity index (χ1) is 7.13. The van der Waals surface area contributed by atoms with Gasteiger partial charge in [-0.15, -0.1) is 0 Å². The second kappa shape index (κ2) is 5.02. The molecule has 1 aromatic carbocycles. The third-order valence-electron chi connectivity index (χ3n) is 1.91. The van der Waals surface area contributed by atoms with E-state index in [0.29, 0.717) is 5.69 Å². The van der Waals surface area contributed by atoms with Gasteiger partial charge in [-0.1, -0.05) is 24.2 Å². The Kier molecular flexibility index (Phi) is 3.71. The van der Waals surface area contributed by atoms with Crippen LogP contribution < -0.4 is 5.32 Å². The van der Waals surface area contributed by atoms with Crippen LogP contribution in [0.3, 0.4) is 0 Å². The van der Waals surface area contributed by atoms with Gasteiger partial charge in [0.05, 0.1) is 6.04 Å². The molecular weight excluding hydrogens is 192 g/mol. The Balaban J connectivity index is 2.91. The van der Waals surface area contributed by atoms with Gasteiger partial charge in [0.1, 0.15) is 0 Å². The largest absolute Gasteiger partial charge is 0.326 e. The van der Waals surface area contributed by atoms with Crippen molar-refractivity contribution in [2.45, 2.75) is 19.9 Å². The number of nitrogens with one attached hydrogen (secondary N) is 1. The minimum absolute atomic E-state index is 0.122. The molecule has 5 nitrogen and oxygen atoms in total. The number of carbonyl (C=O) groups excluding carboxylic acids is 1. The molecule has 1 atom stereocenters. The second-order valence-corrected chi connectivity index (χ2v) is 3.19. The van der Waals surface area contributed by atoms with Gasteiger partial charge in [-0.25, -0.2) is 0 Å². The molecule has 0 heterocycles. The molecule has 0 unspecified atom stereocenters. The van der Waals surface area contributed by atoms with Crippen LogP contribution in [0.25, 0.3) is 10.4 Å². The number of benzene rings is 1. The van der Waals surface area contributed by atoms with E-state index < -0.39 is 0 Å². The van der Waals surface area contributed by atoms with E-state index in [1.54, 1.807) is 19.1 Å². The Hall–Kier alpha value is -2.00. The SMILES string of the molecule is CC(=O)Nc1cccc([C@@H](C)N=[N+]=[N-])c1. The van der Waals surface area contributed by atoms with E-state index >= 15 is 0 Å². The van der Waals surface area contributed by atoms with Crippen LogP contribution in [0.15, 0.2) is 29.4 Å². The topological polar surface area (TPSA) is 77.9 Å². The fourth-order valence-corrected chi connectivity index (χ4v) is 1.22. The third kappa shape index (κ3) is 3.32. The normalized spacial score (nSPS) is 11.3. The van der Waals surface area contributed by atoms with Crippen LogP contribution in [0.4, 0.5) is 5.69 Å². The number of anilines is 1. The molecule has 1 N–H and O–H groups in total. The first kappa shape index (κ1) is 11.1. The highest BCUT2D eigenvalue weighted by atomic mass is 16.1. The lowest BCUT2D eigenvalue weighted by Gasteiger charge is -2.07. The molecule has 5 heteroatoms. The zero-order valence-corrected chi connectivity index (χ0v) is 8.64. The van der Waals surface area contributed by atoms with Crippen molar-refractivity contribution in [1.82, 2.24) is 0 Å². The van der Waals surface area contributed by atoms with Crippen molar-refractivity contribution in [2.24, 2.45) is 5.11 Å². The fraction of sp³-hybridized carbons (Fsp3) is 0.300. The monoisotopic (exact) mass is 204 g/mol. The summed E-state index contributed by atoms with van der Waals surface area (Å²) in [5.74, 6) is -0.122. The second-order valence-electron chi connectivity index (χ2n) is 3.19. The summed E-state index contributed by atoms with van der Waals surface area (Å²) in [6.45, 7) is 3.25. The first-order valence-corrected chi connectivity index (χ1v) is 4.55. The van der Waals surface area contributed by atoms with Crippen LogP contribution in [-0.2, 0) is 4.79 Å². The summed E-state index contributed by atoms with van der Waals surface area (Å²) in [5, 5.41) is 6.25. The van der Waals surface area contributed by atoms with Crippen molar-refractivity contribution in [3.8, 4) is 0 Å². The lowest BCUT2D eigenvalue weighted by atomic mass is 10.1. The van der Waals surface area contributed by atoms with Crippen LogP contribution in [0, 0.1) is 0 Å². The Morgan fingerprint density at radius 2 is 2.33 bits per heavy atom. The van der Waals surface area contributed by atoms with Crippen molar-refractivity contribution in [3.05, 3.63) is 40.3 Å². The molecule has 1 amide bonds. The van der Waals surface area contributed by atoms with E-state index in [1.165, 1.54) is 6.92 Å². The molecule has 0 aliphatic heterocycles. The zero-order chi connectivity index (χ0) is 11.3. The number of azide groups is 1. The van der Waals surface area contributed by atoms with Crippen LogP contribution >= 0.6 is 0 Å². The predicted molar refractivity (Wildman–Crippen MR) is 58.3 cm³/mol. The van der Waals surface area contributed by atoms with E-state index in [1.807, 2.05) is 12.1 Å². The van der Waals surface area contributed by atoms with Crippen molar-refractivity contribution in [2.75, 3.05) is 5.32 Å². The molecule has 0 saturated heterocycles. The molecule has 0 radical (unpaired) electrons. The highest BCUT2D eigenvalue weighted by Gasteiger charge is 2.03. The van der Waals surface area contributed by atoms with Gasteiger partial charge in [0, 0.05) is 17.5 Å². The van der Waals surface area contributed by atoms with Crippen LogP contribution in [0.1, 0.15) is 25.5 Å². The van der Waals surface area contributed by atoms with E-state index in [4.69, 9.17) is 5.53 Å². The van der Waals surface area contributed by atoms with Gasteiger partial charge in [0.25, 0.3) is 0 Å². The molecule has 1 rings (SSSR count). The summed E-state index contributed by atoms with van der Waals surface area (Å²) in [6.07, 6.45) is 0. The lowest BCUT2D eigenvalue weighted by Crippen LogP contribution is -2.06. The highest BCUT2D eigenvalue weighted by molar-refractivity contribution is 5.88. The summed E-state index contributed by atoms with van der Waals surface area (Å²) in [5.41, 5.74) is 9.88. The summed E-state index contributed by atoms with van der Waals surface area (Å²) in [7, 11) is 0. The number of rotatable bonds is 3. The smallest absolute Gasteiger partial charge is 0.221 e. The van der Waals surface area contributed by atoms with Gasteiger partial charge in [-0.2, -0.15) is 0 Å². The van der Waals surface area contributed by atoms with Crippen molar-refractivity contribution < 1.29 is 4.79 Å².